The smallest absolute Gasteiger partial charge is 0.230 e. The van der Waals surface area contributed by atoms with Crippen molar-refractivity contribution >= 4 is 24.2 Å². The lowest BCUT2D eigenvalue weighted by Crippen LogP contribution is -2.52. The highest BCUT2D eigenvalue weighted by Gasteiger charge is 2.51. The van der Waals surface area contributed by atoms with Gasteiger partial charge in [0, 0.05) is 33.1 Å². The quantitative estimate of drug-likeness (QED) is 0.762. The minimum absolute atomic E-state index is 0. The molecule has 3 rings (SSSR count). The highest BCUT2D eigenvalue weighted by molar-refractivity contribution is 5.85. The molecule has 1 aliphatic carbocycles. The summed E-state index contributed by atoms with van der Waals surface area (Å²) >= 11 is 0. The topological polar surface area (TPSA) is 70.7 Å². The molecule has 2 N–H and O–H groups in total. The summed E-state index contributed by atoms with van der Waals surface area (Å²) in [5.74, 6) is 0.917. The number of halogens is 1. The Morgan fingerprint density at radius 3 is 2.72 bits per heavy atom. The van der Waals surface area contributed by atoms with Crippen LogP contribution >= 0.6 is 12.4 Å². The Balaban J connectivity index is 0.00000225. The van der Waals surface area contributed by atoms with Crippen LogP contribution in [0.4, 0.5) is 0 Å². The van der Waals surface area contributed by atoms with E-state index < -0.39 is 0 Å². The molecule has 2 aliphatic heterocycles. The Morgan fingerprint density at radius 1 is 1.24 bits per heavy atom. The van der Waals surface area contributed by atoms with Gasteiger partial charge in [0.05, 0.1) is 18.1 Å². The second-order valence-corrected chi connectivity index (χ2v) is 7.52. The van der Waals surface area contributed by atoms with Crippen molar-refractivity contribution in [1.29, 1.82) is 0 Å². The number of rotatable bonds is 5. The number of ether oxygens (including phenoxy) is 1. The Bertz CT molecular complexity index is 468. The number of nitrogens with zero attached hydrogens (tertiary/aromatic N) is 1. The van der Waals surface area contributed by atoms with Crippen LogP contribution in [-0.2, 0) is 14.3 Å². The fraction of sp³-hybridized carbons (Fsp3) is 0.889. The minimum Gasteiger partial charge on any atom is -0.378 e. The standard InChI is InChI=1S/C18H31N3O3.ClH/c1-19-16(22)7-11-24-15-5-9-21(10-6-15)17(23)18-8-3-2-4-14(18)12-20-13-18;/h14-15,20H,2-13H2,1H3,(H,19,22);1H/t14-,18+;/m0./s1. The molecule has 1 saturated carbocycles. The number of nitrogens with one attached hydrogen (secondary N) is 2. The average molecular weight is 374 g/mol. The van der Waals surface area contributed by atoms with Crippen molar-refractivity contribution in [3.8, 4) is 0 Å². The van der Waals surface area contributed by atoms with E-state index in [1.165, 1.54) is 19.3 Å². The summed E-state index contributed by atoms with van der Waals surface area (Å²) in [5, 5.41) is 6.07. The van der Waals surface area contributed by atoms with E-state index in [0.29, 0.717) is 24.9 Å². The van der Waals surface area contributed by atoms with Gasteiger partial charge in [-0.25, -0.2) is 0 Å². The molecule has 3 fully saturated rings. The van der Waals surface area contributed by atoms with E-state index in [9.17, 15) is 9.59 Å². The zero-order valence-corrected chi connectivity index (χ0v) is 16.0. The molecule has 0 unspecified atom stereocenters. The average Bonchev–Trinajstić information content (AvgIpc) is 3.06. The monoisotopic (exact) mass is 373 g/mol. The summed E-state index contributed by atoms with van der Waals surface area (Å²) < 4.78 is 5.80. The van der Waals surface area contributed by atoms with Crippen molar-refractivity contribution in [2.75, 3.05) is 39.8 Å². The molecule has 2 amide bonds. The summed E-state index contributed by atoms with van der Waals surface area (Å²) in [7, 11) is 1.64. The van der Waals surface area contributed by atoms with Crippen molar-refractivity contribution in [3.05, 3.63) is 0 Å². The van der Waals surface area contributed by atoms with Gasteiger partial charge in [-0.2, -0.15) is 0 Å². The highest BCUT2D eigenvalue weighted by atomic mass is 35.5. The molecule has 3 aliphatic rings. The molecule has 0 spiro atoms. The van der Waals surface area contributed by atoms with Gasteiger partial charge < -0.3 is 20.3 Å². The van der Waals surface area contributed by atoms with Crippen molar-refractivity contribution < 1.29 is 14.3 Å². The molecular formula is C18H32ClN3O3. The number of carbonyl (C=O) groups is 2. The van der Waals surface area contributed by atoms with E-state index in [0.717, 1.165) is 45.4 Å². The summed E-state index contributed by atoms with van der Waals surface area (Å²) in [6.45, 7) is 3.91. The first-order valence-corrected chi connectivity index (χ1v) is 9.48. The zero-order valence-electron chi connectivity index (χ0n) is 15.2. The van der Waals surface area contributed by atoms with E-state index >= 15 is 0 Å². The fourth-order valence-corrected chi connectivity index (χ4v) is 4.65. The van der Waals surface area contributed by atoms with E-state index in [-0.39, 0.29) is 29.8 Å². The number of fused-ring (bicyclic) bond motifs is 1. The predicted octanol–water partition coefficient (Wildman–Crippen LogP) is 1.33. The van der Waals surface area contributed by atoms with E-state index in [2.05, 4.69) is 15.5 Å². The lowest BCUT2D eigenvalue weighted by Gasteiger charge is -2.43. The van der Waals surface area contributed by atoms with Crippen LogP contribution in [0.2, 0.25) is 0 Å². The third-order valence-corrected chi connectivity index (χ3v) is 6.15. The Kier molecular flexibility index (Phi) is 7.52. The largest absolute Gasteiger partial charge is 0.378 e. The summed E-state index contributed by atoms with van der Waals surface area (Å²) in [4.78, 5) is 26.5. The first-order chi connectivity index (χ1) is 11.7. The second-order valence-electron chi connectivity index (χ2n) is 7.52. The molecule has 6 nitrogen and oxygen atoms in total. The second kappa shape index (κ2) is 9.19. The van der Waals surface area contributed by atoms with Crippen LogP contribution in [0.1, 0.15) is 44.9 Å². The minimum atomic E-state index is -0.134. The molecule has 144 valence electrons. The third kappa shape index (κ3) is 4.47. The van der Waals surface area contributed by atoms with Gasteiger partial charge >= 0.3 is 0 Å². The predicted molar refractivity (Wildman–Crippen MR) is 98.7 cm³/mol. The van der Waals surface area contributed by atoms with Crippen LogP contribution in [-0.4, -0.2) is 62.7 Å². The van der Waals surface area contributed by atoms with Gasteiger partial charge in [0.2, 0.25) is 11.8 Å². The van der Waals surface area contributed by atoms with Crippen molar-refractivity contribution in [1.82, 2.24) is 15.5 Å². The van der Waals surface area contributed by atoms with E-state index in [1.807, 2.05) is 0 Å². The maximum Gasteiger partial charge on any atom is 0.230 e. The van der Waals surface area contributed by atoms with Gasteiger partial charge in [0.15, 0.2) is 0 Å². The lowest BCUT2D eigenvalue weighted by molar-refractivity contribution is -0.148. The molecule has 0 bridgehead atoms. The van der Waals surface area contributed by atoms with Crippen LogP contribution < -0.4 is 10.6 Å². The van der Waals surface area contributed by atoms with Crippen LogP contribution in [0.15, 0.2) is 0 Å². The Hall–Kier alpha value is -0.850. The van der Waals surface area contributed by atoms with Crippen molar-refractivity contribution in [2.24, 2.45) is 11.3 Å². The Labute approximate surface area is 156 Å². The fourth-order valence-electron chi connectivity index (χ4n) is 4.65. The molecule has 2 saturated heterocycles. The highest BCUT2D eigenvalue weighted by Crippen LogP contribution is 2.45. The van der Waals surface area contributed by atoms with Gasteiger partial charge in [0.1, 0.15) is 0 Å². The van der Waals surface area contributed by atoms with Gasteiger partial charge in [-0.05, 0) is 38.1 Å². The SMILES string of the molecule is CNC(=O)CCOC1CCN(C(=O)[C@@]23CCCC[C@H]2CNC3)CC1.Cl. The summed E-state index contributed by atoms with van der Waals surface area (Å²) in [6, 6.07) is 0. The maximum atomic E-state index is 13.2. The third-order valence-electron chi connectivity index (χ3n) is 6.15. The number of hydrogen-bond acceptors (Lipinski definition) is 4. The van der Waals surface area contributed by atoms with E-state index in [4.69, 9.17) is 4.74 Å². The molecule has 0 aromatic carbocycles. The molecule has 0 radical (unpaired) electrons. The van der Waals surface area contributed by atoms with Crippen LogP contribution in [0.3, 0.4) is 0 Å². The first kappa shape index (κ1) is 20.5. The van der Waals surface area contributed by atoms with Crippen LogP contribution in [0.25, 0.3) is 0 Å². The van der Waals surface area contributed by atoms with Gasteiger partial charge in [0.25, 0.3) is 0 Å². The molecule has 2 atom stereocenters. The van der Waals surface area contributed by atoms with Gasteiger partial charge in [-0.15, -0.1) is 12.4 Å². The normalized spacial score (nSPS) is 29.6. The lowest BCUT2D eigenvalue weighted by atomic mass is 9.67. The zero-order chi connectivity index (χ0) is 17.0. The molecular weight excluding hydrogens is 342 g/mol. The molecule has 0 aromatic rings. The molecule has 0 aromatic heterocycles. The number of amides is 2. The Morgan fingerprint density at radius 2 is 2.00 bits per heavy atom. The van der Waals surface area contributed by atoms with Gasteiger partial charge in [-0.1, -0.05) is 12.8 Å². The number of piperidine rings is 1. The first-order valence-electron chi connectivity index (χ1n) is 9.48. The summed E-state index contributed by atoms with van der Waals surface area (Å²) in [6.07, 6.45) is 7.04. The van der Waals surface area contributed by atoms with Crippen molar-refractivity contribution in [2.45, 2.75) is 51.0 Å². The summed E-state index contributed by atoms with van der Waals surface area (Å²) in [5.41, 5.74) is -0.134. The van der Waals surface area contributed by atoms with Crippen molar-refractivity contribution in [3.63, 3.8) is 0 Å². The molecule has 25 heavy (non-hydrogen) atoms. The number of carbonyl (C=O) groups excluding carboxylic acids is 2. The number of hydrogen-bond donors (Lipinski definition) is 2. The van der Waals surface area contributed by atoms with Gasteiger partial charge in [-0.3, -0.25) is 9.59 Å². The maximum absolute atomic E-state index is 13.2. The molecule has 7 heteroatoms. The van der Waals surface area contributed by atoms with Crippen LogP contribution in [0.5, 0.6) is 0 Å². The molecule has 2 heterocycles. The number of likely N-dealkylation sites (tertiary alicyclic amines) is 1. The van der Waals surface area contributed by atoms with Crippen LogP contribution in [0, 0.1) is 11.3 Å². The van der Waals surface area contributed by atoms with E-state index in [1.54, 1.807) is 7.05 Å².